The highest BCUT2D eigenvalue weighted by Crippen LogP contribution is 2.27. The lowest BCUT2D eigenvalue weighted by Crippen LogP contribution is -1.95. The Labute approximate surface area is 86.4 Å². The molecule has 0 N–H and O–H groups in total. The first-order chi connectivity index (χ1) is 7.35. The number of hydrogen-bond donors (Lipinski definition) is 0. The maximum absolute atomic E-state index is 12.3. The van der Waals surface area contributed by atoms with Crippen LogP contribution in [0.2, 0.25) is 0 Å². The summed E-state index contributed by atoms with van der Waals surface area (Å²) in [4.78, 5) is 7.61. The molecule has 0 aliphatic carbocycles. The van der Waals surface area contributed by atoms with Crippen molar-refractivity contribution in [1.29, 1.82) is 0 Å². The first-order valence-corrected chi connectivity index (χ1v) is 4.66. The van der Waals surface area contributed by atoms with Crippen molar-refractivity contribution in [3.05, 3.63) is 30.3 Å². The first kappa shape index (κ1) is 9.71. The van der Waals surface area contributed by atoms with Crippen LogP contribution in [0.25, 0.3) is 10.8 Å². The minimum Gasteiger partial charge on any atom is -0.478 e. The van der Waals surface area contributed by atoms with Crippen LogP contribution in [0.3, 0.4) is 0 Å². The van der Waals surface area contributed by atoms with Gasteiger partial charge in [0, 0.05) is 16.0 Å². The molecule has 0 radical (unpaired) electrons. The quantitative estimate of drug-likeness (QED) is 0.775. The number of nitrogens with zero attached hydrogens (tertiary/aromatic N) is 1. The van der Waals surface area contributed by atoms with Gasteiger partial charge >= 0.3 is 0 Å². The molecule has 0 fully saturated rings. The highest BCUT2D eigenvalue weighted by Gasteiger charge is 2.07. The highest BCUT2D eigenvalue weighted by atomic mass is 19.3. The summed E-state index contributed by atoms with van der Waals surface area (Å²) in [5, 5.41) is 1.46. The molecule has 0 spiro atoms. The number of halogens is 1. The smallest absolute Gasteiger partial charge is 0.273 e. The molecule has 0 unspecified atom stereocenters. The lowest BCUT2D eigenvalue weighted by atomic mass is 10.2. The van der Waals surface area contributed by atoms with Gasteiger partial charge in [0.15, 0.2) is 0 Å². The van der Waals surface area contributed by atoms with Crippen LogP contribution in [0.5, 0.6) is 11.8 Å². The van der Waals surface area contributed by atoms with Crippen LogP contribution in [-0.2, 0) is 0 Å². The van der Waals surface area contributed by atoms with Crippen molar-refractivity contribution in [3.8, 4) is 11.8 Å². The van der Waals surface area contributed by atoms with Gasteiger partial charge < -0.3 is 4.74 Å². The standard InChI is InChI=1S/C11H10FNO2/c1-2-14-10-7-8-5-3-4-6-9(8)11(13-10)15-12/h3-7H,2H2,1H3. The summed E-state index contributed by atoms with van der Waals surface area (Å²) in [6, 6.07) is 9.00. The lowest BCUT2D eigenvalue weighted by Gasteiger charge is -2.05. The Morgan fingerprint density at radius 1 is 1.33 bits per heavy atom. The van der Waals surface area contributed by atoms with Crippen molar-refractivity contribution < 1.29 is 14.2 Å². The molecule has 1 heterocycles. The zero-order chi connectivity index (χ0) is 10.7. The topological polar surface area (TPSA) is 31.4 Å². The van der Waals surface area contributed by atoms with E-state index in [1.165, 1.54) is 0 Å². The number of fused-ring (bicyclic) bond motifs is 1. The molecule has 78 valence electrons. The van der Waals surface area contributed by atoms with E-state index in [-0.39, 0.29) is 5.88 Å². The third kappa shape index (κ3) is 1.83. The number of hydrogen-bond acceptors (Lipinski definition) is 3. The van der Waals surface area contributed by atoms with E-state index >= 15 is 0 Å². The average molecular weight is 207 g/mol. The molecular formula is C11H10FNO2. The van der Waals surface area contributed by atoms with Gasteiger partial charge in [-0.05, 0) is 18.4 Å². The monoisotopic (exact) mass is 207 g/mol. The van der Waals surface area contributed by atoms with Gasteiger partial charge in [0.05, 0.1) is 6.61 Å². The van der Waals surface area contributed by atoms with E-state index in [1.54, 1.807) is 18.2 Å². The minimum atomic E-state index is -0.0587. The van der Waals surface area contributed by atoms with E-state index in [9.17, 15) is 4.53 Å². The molecule has 0 bridgehead atoms. The second-order valence-corrected chi connectivity index (χ2v) is 3.00. The summed E-state index contributed by atoms with van der Waals surface area (Å²) < 4.78 is 17.5. The fourth-order valence-electron chi connectivity index (χ4n) is 1.42. The van der Waals surface area contributed by atoms with Gasteiger partial charge in [-0.15, -0.1) is 0 Å². The zero-order valence-electron chi connectivity index (χ0n) is 8.24. The Bertz CT molecular complexity index is 473. The molecule has 15 heavy (non-hydrogen) atoms. The summed E-state index contributed by atoms with van der Waals surface area (Å²) in [6.45, 7) is 2.32. The van der Waals surface area contributed by atoms with Gasteiger partial charge in [0.2, 0.25) is 5.88 Å². The lowest BCUT2D eigenvalue weighted by molar-refractivity contribution is -0.0103. The van der Waals surface area contributed by atoms with Crippen molar-refractivity contribution in [2.24, 2.45) is 0 Å². The van der Waals surface area contributed by atoms with Crippen molar-refractivity contribution in [2.45, 2.75) is 6.92 Å². The molecule has 0 saturated heterocycles. The van der Waals surface area contributed by atoms with E-state index in [0.717, 1.165) is 5.39 Å². The van der Waals surface area contributed by atoms with Crippen LogP contribution in [0.4, 0.5) is 4.53 Å². The molecule has 0 amide bonds. The molecule has 1 aromatic carbocycles. The van der Waals surface area contributed by atoms with Crippen LogP contribution in [0.15, 0.2) is 30.3 Å². The van der Waals surface area contributed by atoms with Gasteiger partial charge in [0.1, 0.15) is 0 Å². The molecule has 3 nitrogen and oxygen atoms in total. The van der Waals surface area contributed by atoms with Crippen molar-refractivity contribution in [2.75, 3.05) is 6.61 Å². The molecule has 0 atom stereocenters. The molecule has 0 aliphatic heterocycles. The van der Waals surface area contributed by atoms with Gasteiger partial charge in [-0.2, -0.15) is 4.98 Å². The fraction of sp³-hybridized carbons (Fsp3) is 0.182. The minimum absolute atomic E-state index is 0.0587. The van der Waals surface area contributed by atoms with Crippen molar-refractivity contribution in [3.63, 3.8) is 0 Å². The number of rotatable bonds is 3. The van der Waals surface area contributed by atoms with Crippen LogP contribution in [0.1, 0.15) is 6.92 Å². The van der Waals surface area contributed by atoms with Crippen LogP contribution >= 0.6 is 0 Å². The van der Waals surface area contributed by atoms with Crippen molar-refractivity contribution >= 4 is 10.8 Å². The second kappa shape index (κ2) is 4.13. The molecule has 2 aromatic rings. The third-order valence-electron chi connectivity index (χ3n) is 2.05. The number of aromatic nitrogens is 1. The largest absolute Gasteiger partial charge is 0.478 e. The molecule has 4 heteroatoms. The van der Waals surface area contributed by atoms with E-state index in [4.69, 9.17) is 4.74 Å². The number of ether oxygens (including phenoxy) is 1. The SMILES string of the molecule is CCOc1cc2ccccc2c(OF)n1. The predicted molar refractivity (Wildman–Crippen MR) is 54.6 cm³/mol. The Hall–Kier alpha value is -1.84. The summed E-state index contributed by atoms with van der Waals surface area (Å²) in [7, 11) is 0. The maximum Gasteiger partial charge on any atom is 0.273 e. The Balaban J connectivity index is 2.60. The van der Waals surface area contributed by atoms with Gasteiger partial charge in [-0.3, -0.25) is 4.94 Å². The van der Waals surface area contributed by atoms with E-state index < -0.39 is 0 Å². The summed E-state index contributed by atoms with van der Waals surface area (Å²) in [5.74, 6) is 0.306. The van der Waals surface area contributed by atoms with Crippen LogP contribution in [-0.4, -0.2) is 11.6 Å². The third-order valence-corrected chi connectivity index (χ3v) is 2.05. The van der Waals surface area contributed by atoms with E-state index in [0.29, 0.717) is 17.9 Å². The van der Waals surface area contributed by atoms with Crippen LogP contribution < -0.4 is 9.68 Å². The average Bonchev–Trinajstić information content (AvgIpc) is 2.28. The molecule has 1 aromatic heterocycles. The van der Waals surface area contributed by atoms with Gasteiger partial charge in [-0.1, -0.05) is 18.2 Å². The number of pyridine rings is 1. The molecule has 0 aliphatic rings. The predicted octanol–water partition coefficient (Wildman–Crippen LogP) is 2.90. The zero-order valence-corrected chi connectivity index (χ0v) is 8.24. The van der Waals surface area contributed by atoms with Crippen molar-refractivity contribution in [1.82, 2.24) is 4.98 Å². The van der Waals surface area contributed by atoms with Gasteiger partial charge in [-0.25, -0.2) is 0 Å². The summed E-state index contributed by atoms with van der Waals surface area (Å²) >= 11 is 0. The maximum atomic E-state index is 12.3. The van der Waals surface area contributed by atoms with E-state index in [1.807, 2.05) is 19.1 Å². The summed E-state index contributed by atoms with van der Waals surface area (Å²) in [6.07, 6.45) is 0. The molecular weight excluding hydrogens is 197 g/mol. The normalized spacial score (nSPS) is 10.3. The fourth-order valence-corrected chi connectivity index (χ4v) is 1.42. The van der Waals surface area contributed by atoms with Crippen LogP contribution in [0, 0.1) is 0 Å². The van der Waals surface area contributed by atoms with Gasteiger partial charge in [0.25, 0.3) is 5.88 Å². The van der Waals surface area contributed by atoms with E-state index in [2.05, 4.69) is 9.93 Å². The first-order valence-electron chi connectivity index (χ1n) is 4.66. The Morgan fingerprint density at radius 2 is 2.13 bits per heavy atom. The highest BCUT2D eigenvalue weighted by molar-refractivity contribution is 5.87. The molecule has 2 rings (SSSR count). The molecule has 0 saturated carbocycles. The Kier molecular flexibility index (Phi) is 2.67. The second-order valence-electron chi connectivity index (χ2n) is 3.00. The Morgan fingerprint density at radius 3 is 2.87 bits per heavy atom. The summed E-state index contributed by atoms with van der Waals surface area (Å²) in [5.41, 5.74) is 0. The number of benzene rings is 1.